The Labute approximate surface area is 126 Å². The first-order valence-electron chi connectivity index (χ1n) is 7.32. The van der Waals surface area contributed by atoms with Crippen LogP contribution in [0.1, 0.15) is 39.7 Å². The Balaban J connectivity index is 2.73. The molecule has 1 N–H and O–H groups in total. The first-order chi connectivity index (χ1) is 9.90. The Morgan fingerprint density at radius 1 is 1.33 bits per heavy atom. The quantitative estimate of drug-likeness (QED) is 0.744. The molecule has 0 spiro atoms. The Morgan fingerprint density at radius 3 is 2.67 bits per heavy atom. The second-order valence-corrected chi connectivity index (χ2v) is 5.36. The predicted molar refractivity (Wildman–Crippen MR) is 84.0 cm³/mol. The first-order valence-corrected chi connectivity index (χ1v) is 7.32. The van der Waals surface area contributed by atoms with Gasteiger partial charge in [-0.15, -0.1) is 0 Å². The number of benzene rings is 1. The van der Waals surface area contributed by atoms with E-state index in [-0.39, 0.29) is 17.7 Å². The van der Waals surface area contributed by atoms with Crippen LogP contribution in [0.4, 0.5) is 4.39 Å². The minimum Gasteiger partial charge on any atom is -0.489 e. The van der Waals surface area contributed by atoms with Crippen molar-refractivity contribution >= 4 is 11.9 Å². The van der Waals surface area contributed by atoms with Crippen LogP contribution in [0.5, 0.6) is 5.75 Å². The number of carbonyl (C=O) groups is 1. The van der Waals surface area contributed by atoms with E-state index in [0.717, 1.165) is 0 Å². The van der Waals surface area contributed by atoms with Gasteiger partial charge in [-0.25, -0.2) is 4.39 Å². The summed E-state index contributed by atoms with van der Waals surface area (Å²) in [6.07, 6.45) is 3.44. The number of ether oxygens (including phenoxy) is 1. The van der Waals surface area contributed by atoms with E-state index in [1.165, 1.54) is 18.2 Å². The molecule has 4 heteroatoms. The zero-order chi connectivity index (χ0) is 15.8. The summed E-state index contributed by atoms with van der Waals surface area (Å²) in [6.45, 7) is 8.52. The molecule has 0 fully saturated rings. The Kier molecular flexibility index (Phi) is 7.09. The molecule has 0 aliphatic heterocycles. The summed E-state index contributed by atoms with van der Waals surface area (Å²) in [5.74, 6) is 0.105. The van der Waals surface area contributed by atoms with Crippen molar-refractivity contribution in [3.63, 3.8) is 0 Å². The second-order valence-electron chi connectivity index (χ2n) is 5.36. The maximum Gasteiger partial charge on any atom is 0.155 e. The summed E-state index contributed by atoms with van der Waals surface area (Å²) in [7, 11) is 0. The fourth-order valence-corrected chi connectivity index (χ4v) is 1.73. The van der Waals surface area contributed by atoms with Gasteiger partial charge in [0.05, 0.1) is 0 Å². The minimum absolute atomic E-state index is 0.0104. The Bertz CT molecular complexity index is 498. The van der Waals surface area contributed by atoms with Gasteiger partial charge in [0, 0.05) is 25.1 Å². The summed E-state index contributed by atoms with van der Waals surface area (Å²) in [5.41, 5.74) is 0.621. The van der Waals surface area contributed by atoms with Gasteiger partial charge in [0.2, 0.25) is 0 Å². The zero-order valence-corrected chi connectivity index (χ0v) is 13.2. The Hall–Kier alpha value is -1.68. The highest BCUT2D eigenvalue weighted by molar-refractivity contribution is 5.93. The predicted octanol–water partition coefficient (Wildman–Crippen LogP) is 3.58. The van der Waals surface area contributed by atoms with Crippen LogP contribution in [-0.2, 0) is 4.79 Å². The number of hydrogen-bond donors (Lipinski definition) is 1. The highest BCUT2D eigenvalue weighted by Gasteiger charge is 2.07. The van der Waals surface area contributed by atoms with E-state index in [1.807, 2.05) is 6.92 Å². The van der Waals surface area contributed by atoms with Gasteiger partial charge in [-0.1, -0.05) is 26.8 Å². The SMILES string of the molecule is CCC(=O)/C=C/c1cc(F)cc(O[C@@H](C)CNC(C)C)c1. The van der Waals surface area contributed by atoms with Gasteiger partial charge in [-0.3, -0.25) is 4.79 Å². The van der Waals surface area contributed by atoms with Crippen LogP contribution in [0.25, 0.3) is 6.08 Å². The normalized spacial score (nSPS) is 12.9. The molecule has 1 rings (SSSR count). The molecule has 0 radical (unpaired) electrons. The van der Waals surface area contributed by atoms with Crippen molar-refractivity contribution in [3.05, 3.63) is 35.7 Å². The molecular weight excluding hydrogens is 269 g/mol. The lowest BCUT2D eigenvalue weighted by molar-refractivity contribution is -0.114. The largest absolute Gasteiger partial charge is 0.489 e. The number of ketones is 1. The minimum atomic E-state index is -0.375. The molecule has 1 aromatic carbocycles. The van der Waals surface area contributed by atoms with Crippen LogP contribution < -0.4 is 10.1 Å². The molecule has 0 heterocycles. The van der Waals surface area contributed by atoms with E-state index in [9.17, 15) is 9.18 Å². The molecule has 116 valence electrons. The smallest absolute Gasteiger partial charge is 0.155 e. The molecule has 1 atom stereocenters. The van der Waals surface area contributed by atoms with Crippen molar-refractivity contribution < 1.29 is 13.9 Å². The van der Waals surface area contributed by atoms with Crippen molar-refractivity contribution in [1.29, 1.82) is 0 Å². The molecular formula is C17H24FNO2. The van der Waals surface area contributed by atoms with E-state index < -0.39 is 0 Å². The number of hydrogen-bond acceptors (Lipinski definition) is 3. The van der Waals surface area contributed by atoms with E-state index >= 15 is 0 Å². The van der Waals surface area contributed by atoms with Crippen molar-refractivity contribution in [2.24, 2.45) is 0 Å². The fourth-order valence-electron chi connectivity index (χ4n) is 1.73. The third-order valence-electron chi connectivity index (χ3n) is 2.85. The molecule has 3 nitrogen and oxygen atoms in total. The molecule has 1 aromatic rings. The summed E-state index contributed by atoms with van der Waals surface area (Å²) in [6, 6.07) is 4.84. The Morgan fingerprint density at radius 2 is 2.05 bits per heavy atom. The van der Waals surface area contributed by atoms with E-state index in [1.54, 1.807) is 19.1 Å². The topological polar surface area (TPSA) is 38.3 Å². The van der Waals surface area contributed by atoms with Gasteiger partial charge in [0.1, 0.15) is 17.7 Å². The van der Waals surface area contributed by atoms with Crippen LogP contribution >= 0.6 is 0 Å². The summed E-state index contributed by atoms with van der Waals surface area (Å²) >= 11 is 0. The molecule has 0 saturated carbocycles. The molecule has 0 aliphatic carbocycles. The summed E-state index contributed by atoms with van der Waals surface area (Å²) in [5, 5.41) is 3.27. The van der Waals surface area contributed by atoms with Crippen LogP contribution in [0.15, 0.2) is 24.3 Å². The van der Waals surface area contributed by atoms with Crippen LogP contribution in [0, 0.1) is 5.82 Å². The zero-order valence-electron chi connectivity index (χ0n) is 13.2. The maximum atomic E-state index is 13.6. The van der Waals surface area contributed by atoms with Gasteiger partial charge in [-0.05, 0) is 30.7 Å². The van der Waals surface area contributed by atoms with E-state index in [4.69, 9.17) is 4.74 Å². The average molecular weight is 293 g/mol. The summed E-state index contributed by atoms with van der Waals surface area (Å²) < 4.78 is 19.3. The van der Waals surface area contributed by atoms with Crippen LogP contribution in [0.3, 0.4) is 0 Å². The van der Waals surface area contributed by atoms with E-state index in [0.29, 0.717) is 30.3 Å². The lowest BCUT2D eigenvalue weighted by Crippen LogP contribution is -2.33. The first kappa shape index (κ1) is 17.4. The van der Waals surface area contributed by atoms with Crippen LogP contribution in [0.2, 0.25) is 0 Å². The van der Waals surface area contributed by atoms with Crippen molar-refractivity contribution in [1.82, 2.24) is 5.32 Å². The molecule has 21 heavy (non-hydrogen) atoms. The van der Waals surface area contributed by atoms with Gasteiger partial charge >= 0.3 is 0 Å². The maximum absolute atomic E-state index is 13.6. The third-order valence-corrected chi connectivity index (χ3v) is 2.85. The summed E-state index contributed by atoms with van der Waals surface area (Å²) in [4.78, 5) is 11.3. The lowest BCUT2D eigenvalue weighted by Gasteiger charge is -2.17. The van der Waals surface area contributed by atoms with Crippen molar-refractivity contribution in [2.75, 3.05) is 6.54 Å². The van der Waals surface area contributed by atoms with Gasteiger partial charge in [0.25, 0.3) is 0 Å². The molecule has 0 bridgehead atoms. The van der Waals surface area contributed by atoms with Crippen molar-refractivity contribution in [2.45, 2.75) is 46.3 Å². The number of allylic oxidation sites excluding steroid dienone is 1. The van der Waals surface area contributed by atoms with Gasteiger partial charge in [-0.2, -0.15) is 0 Å². The van der Waals surface area contributed by atoms with Gasteiger partial charge in [0.15, 0.2) is 5.78 Å². The molecule has 0 amide bonds. The number of rotatable bonds is 8. The number of carbonyl (C=O) groups excluding carboxylic acids is 1. The van der Waals surface area contributed by atoms with E-state index in [2.05, 4.69) is 19.2 Å². The standard InChI is InChI=1S/C17H24FNO2/c1-5-16(20)7-6-14-8-15(18)10-17(9-14)21-13(4)11-19-12(2)3/h6-10,12-13,19H,5,11H2,1-4H3/b7-6+/t13-/m0/s1. The average Bonchev–Trinajstić information content (AvgIpc) is 2.42. The molecule has 0 saturated heterocycles. The second kappa shape index (κ2) is 8.57. The molecule has 0 unspecified atom stereocenters. The van der Waals surface area contributed by atoms with Crippen LogP contribution in [-0.4, -0.2) is 24.5 Å². The highest BCUT2D eigenvalue weighted by atomic mass is 19.1. The highest BCUT2D eigenvalue weighted by Crippen LogP contribution is 2.19. The third kappa shape index (κ3) is 7.04. The lowest BCUT2D eigenvalue weighted by atomic mass is 10.1. The molecule has 0 aromatic heterocycles. The molecule has 0 aliphatic rings. The number of nitrogens with one attached hydrogen (secondary N) is 1. The van der Waals surface area contributed by atoms with Gasteiger partial charge < -0.3 is 10.1 Å². The number of halogens is 1. The monoisotopic (exact) mass is 293 g/mol. The van der Waals surface area contributed by atoms with Crippen molar-refractivity contribution in [3.8, 4) is 5.75 Å². The fraction of sp³-hybridized carbons (Fsp3) is 0.471.